The fourth-order valence-corrected chi connectivity index (χ4v) is 3.74. The molecule has 26 heavy (non-hydrogen) atoms. The maximum Gasteiger partial charge on any atom is 0.346 e. The highest BCUT2D eigenvalue weighted by atomic mass is 79.9. The van der Waals surface area contributed by atoms with Crippen LogP contribution in [0, 0.1) is 10.1 Å². The lowest BCUT2D eigenvalue weighted by atomic mass is 10.1. The van der Waals surface area contributed by atoms with Gasteiger partial charge < -0.3 is 4.42 Å². The number of fused-ring (bicyclic) bond motifs is 1. The van der Waals surface area contributed by atoms with Gasteiger partial charge in [0.1, 0.15) is 10.6 Å². The van der Waals surface area contributed by atoms with Gasteiger partial charge >= 0.3 is 5.63 Å². The maximum absolute atomic E-state index is 12.3. The molecule has 0 atom stereocenters. The second-order valence-electron chi connectivity index (χ2n) is 5.47. The molecular weight excluding hydrogens is 420 g/mol. The van der Waals surface area contributed by atoms with E-state index in [-0.39, 0.29) is 5.69 Å². The molecule has 0 fully saturated rings. The van der Waals surface area contributed by atoms with Gasteiger partial charge in [-0.05, 0) is 36.4 Å². The van der Waals surface area contributed by atoms with Crippen molar-refractivity contribution in [1.29, 1.82) is 0 Å². The Balaban J connectivity index is 1.76. The van der Waals surface area contributed by atoms with E-state index in [1.54, 1.807) is 35.7 Å². The number of thiazole rings is 1. The normalized spacial score (nSPS) is 11.0. The molecule has 2 aromatic heterocycles. The van der Waals surface area contributed by atoms with Crippen molar-refractivity contribution in [3.05, 3.63) is 78.9 Å². The first kappa shape index (κ1) is 16.6. The molecular formula is C18H9BrN2O4S. The zero-order valence-corrected chi connectivity index (χ0v) is 15.4. The average molecular weight is 429 g/mol. The molecule has 0 N–H and O–H groups in total. The lowest BCUT2D eigenvalue weighted by Gasteiger charge is -2.00. The number of nitro groups is 1. The highest BCUT2D eigenvalue weighted by Gasteiger charge is 2.14. The second-order valence-corrected chi connectivity index (χ2v) is 7.25. The number of hydrogen-bond donors (Lipinski definition) is 0. The van der Waals surface area contributed by atoms with Gasteiger partial charge in [-0.1, -0.05) is 15.9 Å². The van der Waals surface area contributed by atoms with E-state index in [1.165, 1.54) is 23.5 Å². The quantitative estimate of drug-likeness (QED) is 0.252. The Morgan fingerprint density at radius 1 is 1.12 bits per heavy atom. The molecule has 2 heterocycles. The van der Waals surface area contributed by atoms with Crippen LogP contribution in [0.4, 0.5) is 5.69 Å². The van der Waals surface area contributed by atoms with Crippen LogP contribution in [0.3, 0.4) is 0 Å². The van der Waals surface area contributed by atoms with Gasteiger partial charge in [0.25, 0.3) is 5.69 Å². The molecule has 0 bridgehead atoms. The fraction of sp³-hybridized carbons (Fsp3) is 0. The summed E-state index contributed by atoms with van der Waals surface area (Å²) in [6.07, 6.45) is 0. The Labute approximate surface area is 159 Å². The molecule has 0 saturated carbocycles. The first-order valence-electron chi connectivity index (χ1n) is 7.45. The summed E-state index contributed by atoms with van der Waals surface area (Å²) in [5.74, 6) is 0. The third kappa shape index (κ3) is 3.04. The Hall–Kier alpha value is -2.84. The number of benzene rings is 2. The molecule has 6 nitrogen and oxygen atoms in total. The van der Waals surface area contributed by atoms with Crippen molar-refractivity contribution in [2.45, 2.75) is 0 Å². The van der Waals surface area contributed by atoms with Crippen LogP contribution in [0.25, 0.3) is 32.8 Å². The molecule has 0 aliphatic rings. The Kier molecular flexibility index (Phi) is 4.14. The number of nitro benzene ring substituents is 1. The van der Waals surface area contributed by atoms with Gasteiger partial charge in [0, 0.05) is 32.9 Å². The molecule has 0 aliphatic carbocycles. The Bertz CT molecular complexity index is 1200. The Morgan fingerprint density at radius 3 is 2.62 bits per heavy atom. The molecule has 4 aromatic rings. The van der Waals surface area contributed by atoms with Crippen molar-refractivity contribution in [3.63, 3.8) is 0 Å². The van der Waals surface area contributed by atoms with Crippen LogP contribution in [0.2, 0.25) is 0 Å². The summed E-state index contributed by atoms with van der Waals surface area (Å²) in [6, 6.07) is 13.3. The van der Waals surface area contributed by atoms with Gasteiger partial charge in [-0.15, -0.1) is 11.3 Å². The SMILES string of the molecule is O=c1oc2ccc(Br)cc2cc1-c1nc(-c2ccc([N+](=O)[O-])cc2)cs1. The third-order valence-corrected chi connectivity index (χ3v) is 5.17. The number of rotatable bonds is 3. The van der Waals surface area contributed by atoms with Gasteiger partial charge in [-0.25, -0.2) is 9.78 Å². The van der Waals surface area contributed by atoms with E-state index in [4.69, 9.17) is 4.42 Å². The van der Waals surface area contributed by atoms with E-state index in [0.29, 0.717) is 21.8 Å². The highest BCUT2D eigenvalue weighted by Crippen LogP contribution is 2.30. The largest absolute Gasteiger partial charge is 0.422 e. The van der Waals surface area contributed by atoms with Gasteiger partial charge in [0.05, 0.1) is 16.2 Å². The fourth-order valence-electron chi connectivity index (χ4n) is 2.53. The molecule has 0 aliphatic heterocycles. The van der Waals surface area contributed by atoms with Gasteiger partial charge in [0.15, 0.2) is 0 Å². The van der Waals surface area contributed by atoms with Crippen molar-refractivity contribution in [3.8, 4) is 21.8 Å². The van der Waals surface area contributed by atoms with Crippen LogP contribution < -0.4 is 5.63 Å². The third-order valence-electron chi connectivity index (χ3n) is 3.80. The predicted octanol–water partition coefficient (Wildman–Crippen LogP) is 5.25. The highest BCUT2D eigenvalue weighted by molar-refractivity contribution is 9.10. The molecule has 0 spiro atoms. The van der Waals surface area contributed by atoms with Gasteiger partial charge in [-0.2, -0.15) is 0 Å². The zero-order chi connectivity index (χ0) is 18.3. The van der Waals surface area contributed by atoms with E-state index < -0.39 is 10.5 Å². The van der Waals surface area contributed by atoms with E-state index in [2.05, 4.69) is 20.9 Å². The smallest absolute Gasteiger partial charge is 0.346 e. The number of halogens is 1. The van der Waals surface area contributed by atoms with Crippen LogP contribution in [0.15, 0.2) is 67.6 Å². The van der Waals surface area contributed by atoms with Crippen molar-refractivity contribution >= 4 is 43.9 Å². The van der Waals surface area contributed by atoms with E-state index in [1.807, 2.05) is 6.07 Å². The molecule has 8 heteroatoms. The number of nitrogens with zero attached hydrogens (tertiary/aromatic N) is 2. The molecule has 128 valence electrons. The first-order valence-corrected chi connectivity index (χ1v) is 9.13. The summed E-state index contributed by atoms with van der Waals surface area (Å²) in [5.41, 5.74) is 1.84. The van der Waals surface area contributed by atoms with Crippen molar-refractivity contribution in [2.75, 3.05) is 0 Å². The van der Waals surface area contributed by atoms with Crippen LogP contribution >= 0.6 is 27.3 Å². The lowest BCUT2D eigenvalue weighted by Crippen LogP contribution is -2.02. The predicted molar refractivity (Wildman–Crippen MR) is 103 cm³/mol. The zero-order valence-electron chi connectivity index (χ0n) is 13.0. The van der Waals surface area contributed by atoms with Gasteiger partial charge in [0.2, 0.25) is 0 Å². The van der Waals surface area contributed by atoms with E-state index in [0.717, 1.165) is 15.4 Å². The maximum atomic E-state index is 12.3. The summed E-state index contributed by atoms with van der Waals surface area (Å²) in [4.78, 5) is 27.1. The van der Waals surface area contributed by atoms with Gasteiger partial charge in [-0.3, -0.25) is 10.1 Å². The summed E-state index contributed by atoms with van der Waals surface area (Å²) in [5, 5.41) is 13.9. The number of hydrogen-bond acceptors (Lipinski definition) is 6. The van der Waals surface area contributed by atoms with Crippen molar-refractivity contribution in [2.24, 2.45) is 0 Å². The molecule has 0 amide bonds. The lowest BCUT2D eigenvalue weighted by molar-refractivity contribution is -0.384. The topological polar surface area (TPSA) is 86.2 Å². The molecule has 0 saturated heterocycles. The standard InChI is InChI=1S/C18H9BrN2O4S/c19-12-3-6-16-11(7-12)8-14(18(22)25-16)17-20-15(9-26-17)10-1-4-13(5-2-10)21(23)24/h1-9H. The van der Waals surface area contributed by atoms with Crippen LogP contribution in [0.1, 0.15) is 0 Å². The van der Waals surface area contributed by atoms with Crippen molar-refractivity contribution < 1.29 is 9.34 Å². The number of non-ortho nitro benzene ring substituents is 1. The Morgan fingerprint density at radius 2 is 1.88 bits per heavy atom. The second kappa shape index (κ2) is 6.47. The molecule has 0 unspecified atom stereocenters. The summed E-state index contributed by atoms with van der Waals surface area (Å²) >= 11 is 4.72. The summed E-state index contributed by atoms with van der Waals surface area (Å²) < 4.78 is 6.26. The first-order chi connectivity index (χ1) is 12.5. The van der Waals surface area contributed by atoms with Crippen LogP contribution in [-0.2, 0) is 0 Å². The van der Waals surface area contributed by atoms with Crippen LogP contribution in [-0.4, -0.2) is 9.91 Å². The summed E-state index contributed by atoms with van der Waals surface area (Å²) in [6.45, 7) is 0. The average Bonchev–Trinajstić information content (AvgIpc) is 3.11. The minimum Gasteiger partial charge on any atom is -0.422 e. The molecule has 0 radical (unpaired) electrons. The van der Waals surface area contributed by atoms with E-state index in [9.17, 15) is 14.9 Å². The molecule has 2 aromatic carbocycles. The van der Waals surface area contributed by atoms with E-state index >= 15 is 0 Å². The molecule has 4 rings (SSSR count). The minimum absolute atomic E-state index is 0.0185. The number of aromatic nitrogens is 1. The minimum atomic E-state index is -0.454. The van der Waals surface area contributed by atoms with Crippen molar-refractivity contribution in [1.82, 2.24) is 4.98 Å². The summed E-state index contributed by atoms with van der Waals surface area (Å²) in [7, 11) is 0. The van der Waals surface area contributed by atoms with Crippen LogP contribution in [0.5, 0.6) is 0 Å². The monoisotopic (exact) mass is 428 g/mol.